The van der Waals surface area contributed by atoms with Crippen LogP contribution in [0, 0.1) is 5.92 Å². The molecule has 0 saturated heterocycles. The molecule has 5 nitrogen and oxygen atoms in total. The summed E-state index contributed by atoms with van der Waals surface area (Å²) in [5.41, 5.74) is 11.3. The number of aromatic nitrogens is 1. The van der Waals surface area contributed by atoms with Crippen LogP contribution in [-0.2, 0) is 12.8 Å². The smallest absolute Gasteiger partial charge is 0.257 e. The molecule has 2 heterocycles. The first-order chi connectivity index (χ1) is 18.4. The predicted octanol–water partition coefficient (Wildman–Crippen LogP) is 7.10. The molecule has 0 radical (unpaired) electrons. The fraction of sp³-hybridized carbons (Fsp3) is 0.156. The molecule has 0 bridgehead atoms. The summed E-state index contributed by atoms with van der Waals surface area (Å²) in [6, 6.07) is 29.5. The van der Waals surface area contributed by atoms with Crippen LogP contribution in [0.15, 0.2) is 91.0 Å². The lowest BCUT2D eigenvalue weighted by Crippen LogP contribution is -2.17. The Kier molecular flexibility index (Phi) is 7.33. The Bertz CT molecular complexity index is 1610. The third kappa shape index (κ3) is 5.66. The molecule has 0 spiro atoms. The Morgan fingerprint density at radius 3 is 2.29 bits per heavy atom. The van der Waals surface area contributed by atoms with Crippen LogP contribution >= 0.6 is 11.3 Å². The molecule has 6 heteroatoms. The van der Waals surface area contributed by atoms with Crippen LogP contribution in [0.1, 0.15) is 50.6 Å². The van der Waals surface area contributed by atoms with Gasteiger partial charge in [0.15, 0.2) is 0 Å². The maximum absolute atomic E-state index is 13.6. The number of nitrogens with two attached hydrogens (primary N) is 1. The molecule has 2 amide bonds. The first-order valence-corrected chi connectivity index (χ1v) is 13.5. The second kappa shape index (κ2) is 11.0. The molecule has 5 rings (SSSR count). The SMILES string of the molecule is CC(C)Cc1ccc(-c2cc(C(=O)Nc3sc(Cc4ccccc4)cc3C(N)=O)c3ccccc3n2)cc1. The van der Waals surface area contributed by atoms with Gasteiger partial charge < -0.3 is 11.1 Å². The van der Waals surface area contributed by atoms with E-state index in [0.717, 1.165) is 39.0 Å². The molecule has 0 aliphatic rings. The van der Waals surface area contributed by atoms with Crippen molar-refractivity contribution in [1.29, 1.82) is 0 Å². The predicted molar refractivity (Wildman–Crippen MR) is 156 cm³/mol. The molecule has 0 saturated carbocycles. The van der Waals surface area contributed by atoms with Crippen LogP contribution in [0.2, 0.25) is 0 Å². The zero-order valence-corrected chi connectivity index (χ0v) is 22.2. The summed E-state index contributed by atoms with van der Waals surface area (Å²) in [4.78, 5) is 31.6. The minimum atomic E-state index is -0.572. The molecular weight excluding hydrogens is 490 g/mol. The average molecular weight is 520 g/mol. The number of nitrogens with one attached hydrogen (secondary N) is 1. The lowest BCUT2D eigenvalue weighted by atomic mass is 9.99. The van der Waals surface area contributed by atoms with E-state index in [1.807, 2.05) is 60.7 Å². The molecule has 3 aromatic carbocycles. The Labute approximate surface area is 226 Å². The number of thiophene rings is 1. The number of carbonyl (C=O) groups is 2. The second-order valence-electron chi connectivity index (χ2n) is 9.80. The van der Waals surface area contributed by atoms with Gasteiger partial charge in [-0.05, 0) is 41.7 Å². The molecule has 0 atom stereocenters. The summed E-state index contributed by atoms with van der Waals surface area (Å²) in [5, 5.41) is 4.16. The van der Waals surface area contributed by atoms with Crippen LogP contribution < -0.4 is 11.1 Å². The van der Waals surface area contributed by atoms with Gasteiger partial charge in [-0.15, -0.1) is 11.3 Å². The second-order valence-corrected chi connectivity index (χ2v) is 10.9. The number of hydrogen-bond acceptors (Lipinski definition) is 4. The van der Waals surface area contributed by atoms with Gasteiger partial charge in [-0.1, -0.05) is 86.6 Å². The van der Waals surface area contributed by atoms with E-state index in [1.54, 1.807) is 6.07 Å². The van der Waals surface area contributed by atoms with Crippen molar-refractivity contribution in [2.24, 2.45) is 11.7 Å². The van der Waals surface area contributed by atoms with Gasteiger partial charge in [-0.3, -0.25) is 9.59 Å². The summed E-state index contributed by atoms with van der Waals surface area (Å²) in [7, 11) is 0. The van der Waals surface area contributed by atoms with Crippen molar-refractivity contribution in [3.8, 4) is 11.3 Å². The highest BCUT2D eigenvalue weighted by molar-refractivity contribution is 7.16. The van der Waals surface area contributed by atoms with Gasteiger partial charge >= 0.3 is 0 Å². The zero-order valence-electron chi connectivity index (χ0n) is 21.4. The monoisotopic (exact) mass is 519 g/mol. The summed E-state index contributed by atoms with van der Waals surface area (Å²) >= 11 is 1.37. The fourth-order valence-electron chi connectivity index (χ4n) is 4.57. The number of amides is 2. The van der Waals surface area contributed by atoms with Crippen molar-refractivity contribution in [3.63, 3.8) is 0 Å². The molecule has 0 fully saturated rings. The Morgan fingerprint density at radius 2 is 1.58 bits per heavy atom. The summed E-state index contributed by atoms with van der Waals surface area (Å²) in [6.45, 7) is 4.40. The van der Waals surface area contributed by atoms with Crippen molar-refractivity contribution in [3.05, 3.63) is 118 Å². The largest absolute Gasteiger partial charge is 0.366 e. The van der Waals surface area contributed by atoms with E-state index in [4.69, 9.17) is 10.7 Å². The van der Waals surface area contributed by atoms with Crippen LogP contribution in [-0.4, -0.2) is 16.8 Å². The number of rotatable bonds is 8. The van der Waals surface area contributed by atoms with E-state index in [9.17, 15) is 9.59 Å². The molecule has 5 aromatic rings. The quantitative estimate of drug-likeness (QED) is 0.229. The van der Waals surface area contributed by atoms with E-state index in [-0.39, 0.29) is 5.91 Å². The average Bonchev–Trinajstić information content (AvgIpc) is 3.31. The van der Waals surface area contributed by atoms with E-state index in [2.05, 4.69) is 43.4 Å². The Balaban J connectivity index is 1.48. The van der Waals surface area contributed by atoms with Crippen molar-refractivity contribution >= 4 is 39.1 Å². The third-order valence-electron chi connectivity index (χ3n) is 6.35. The van der Waals surface area contributed by atoms with Gasteiger partial charge in [0, 0.05) is 22.2 Å². The molecule has 3 N–H and O–H groups in total. The topological polar surface area (TPSA) is 85.1 Å². The number of anilines is 1. The van der Waals surface area contributed by atoms with Crippen LogP contribution in [0.25, 0.3) is 22.2 Å². The van der Waals surface area contributed by atoms with Crippen molar-refractivity contribution in [2.75, 3.05) is 5.32 Å². The number of pyridine rings is 1. The van der Waals surface area contributed by atoms with E-state index < -0.39 is 5.91 Å². The number of hydrogen-bond donors (Lipinski definition) is 2. The van der Waals surface area contributed by atoms with Gasteiger partial charge in [0.05, 0.1) is 22.3 Å². The number of fused-ring (bicyclic) bond motifs is 1. The Hall–Kier alpha value is -4.29. The fourth-order valence-corrected chi connectivity index (χ4v) is 5.66. The van der Waals surface area contributed by atoms with Crippen molar-refractivity contribution in [2.45, 2.75) is 26.7 Å². The van der Waals surface area contributed by atoms with E-state index in [0.29, 0.717) is 28.5 Å². The van der Waals surface area contributed by atoms with E-state index >= 15 is 0 Å². The molecular formula is C32H29N3O2S. The molecule has 2 aromatic heterocycles. The molecule has 0 aliphatic heterocycles. The van der Waals surface area contributed by atoms with Gasteiger partial charge in [0.1, 0.15) is 5.00 Å². The number of para-hydroxylation sites is 1. The minimum absolute atomic E-state index is 0.308. The normalized spacial score (nSPS) is 11.1. The van der Waals surface area contributed by atoms with Gasteiger partial charge in [0.2, 0.25) is 0 Å². The standard InChI is InChI=1S/C32H29N3O2S/c1-20(2)16-22-12-14-23(15-13-22)29-19-26(25-10-6-7-11-28(25)34-29)31(37)35-32-27(30(33)36)18-24(38-32)17-21-8-4-3-5-9-21/h3-15,18-20H,16-17H2,1-2H3,(H2,33,36)(H,35,37). The molecule has 38 heavy (non-hydrogen) atoms. The highest BCUT2D eigenvalue weighted by Crippen LogP contribution is 2.32. The zero-order chi connectivity index (χ0) is 26.6. The minimum Gasteiger partial charge on any atom is -0.366 e. The molecule has 0 unspecified atom stereocenters. The number of nitrogens with zero attached hydrogens (tertiary/aromatic N) is 1. The highest BCUT2D eigenvalue weighted by atomic mass is 32.1. The number of carbonyl (C=O) groups excluding carboxylic acids is 2. The van der Waals surface area contributed by atoms with Crippen molar-refractivity contribution < 1.29 is 9.59 Å². The highest BCUT2D eigenvalue weighted by Gasteiger charge is 2.20. The Morgan fingerprint density at radius 1 is 0.868 bits per heavy atom. The first kappa shape index (κ1) is 25.4. The summed E-state index contributed by atoms with van der Waals surface area (Å²) in [6.07, 6.45) is 1.66. The van der Waals surface area contributed by atoms with Crippen LogP contribution in [0.5, 0.6) is 0 Å². The number of benzene rings is 3. The van der Waals surface area contributed by atoms with E-state index in [1.165, 1.54) is 16.9 Å². The third-order valence-corrected chi connectivity index (χ3v) is 7.40. The van der Waals surface area contributed by atoms with Gasteiger partial charge in [-0.25, -0.2) is 4.98 Å². The van der Waals surface area contributed by atoms with Gasteiger partial charge in [0.25, 0.3) is 11.8 Å². The first-order valence-electron chi connectivity index (χ1n) is 12.6. The maximum atomic E-state index is 13.6. The van der Waals surface area contributed by atoms with Crippen LogP contribution in [0.4, 0.5) is 5.00 Å². The molecule has 190 valence electrons. The summed E-state index contributed by atoms with van der Waals surface area (Å²) < 4.78 is 0. The molecule has 0 aliphatic carbocycles. The lowest BCUT2D eigenvalue weighted by Gasteiger charge is -2.11. The number of primary amides is 1. The maximum Gasteiger partial charge on any atom is 0.257 e. The van der Waals surface area contributed by atoms with Crippen LogP contribution in [0.3, 0.4) is 0 Å². The summed E-state index contributed by atoms with van der Waals surface area (Å²) in [5.74, 6) is -0.305. The van der Waals surface area contributed by atoms with Crippen molar-refractivity contribution in [1.82, 2.24) is 4.98 Å². The van der Waals surface area contributed by atoms with Gasteiger partial charge in [-0.2, -0.15) is 0 Å². The lowest BCUT2D eigenvalue weighted by molar-refractivity contribution is 0.100.